The molecule has 1 fully saturated rings. The molecule has 5 nitrogen and oxygen atoms in total. The van der Waals surface area contributed by atoms with Crippen LogP contribution in [0.2, 0.25) is 0 Å². The number of aliphatic hydroxyl groups is 1. The van der Waals surface area contributed by atoms with Crippen LogP contribution in [0.5, 0.6) is 5.75 Å². The van der Waals surface area contributed by atoms with Gasteiger partial charge < -0.3 is 15.2 Å². The van der Waals surface area contributed by atoms with Crippen molar-refractivity contribution >= 4 is 22.8 Å². The summed E-state index contributed by atoms with van der Waals surface area (Å²) < 4.78 is 5.39. The Kier molecular flexibility index (Phi) is 5.96. The first-order chi connectivity index (χ1) is 16.1. The van der Waals surface area contributed by atoms with Crippen LogP contribution in [0.3, 0.4) is 0 Å². The van der Waals surface area contributed by atoms with E-state index in [1.165, 1.54) is 0 Å². The first kappa shape index (κ1) is 21.7. The van der Waals surface area contributed by atoms with E-state index in [9.17, 15) is 9.90 Å². The predicted octanol–water partition coefficient (Wildman–Crippen LogP) is 4.86. The van der Waals surface area contributed by atoms with Crippen molar-refractivity contribution in [1.29, 1.82) is 0 Å². The monoisotopic (exact) mass is 458 g/mol. The molecule has 33 heavy (non-hydrogen) atoms. The number of nitrogens with one attached hydrogen (secondary N) is 1. The molecule has 2 N–H and O–H groups in total. The molecule has 1 saturated carbocycles. The molecule has 0 saturated heterocycles. The largest absolute Gasteiger partial charge is 0.497 e. The number of hydrogen-bond donors (Lipinski definition) is 2. The third-order valence-electron chi connectivity index (χ3n) is 6.52. The second-order valence-electron chi connectivity index (χ2n) is 8.58. The molecule has 1 amide bonds. The first-order valence-electron chi connectivity index (χ1n) is 11.1. The summed E-state index contributed by atoms with van der Waals surface area (Å²) >= 11 is 1.55. The van der Waals surface area contributed by atoms with Gasteiger partial charge in [0.05, 0.1) is 18.8 Å². The van der Waals surface area contributed by atoms with Gasteiger partial charge >= 0.3 is 0 Å². The normalized spacial score (nSPS) is 24.0. The van der Waals surface area contributed by atoms with Gasteiger partial charge in [-0.3, -0.25) is 9.79 Å². The van der Waals surface area contributed by atoms with E-state index in [0.29, 0.717) is 23.6 Å². The summed E-state index contributed by atoms with van der Waals surface area (Å²) in [6.45, 7) is 0. The van der Waals surface area contributed by atoms with Gasteiger partial charge in [-0.05, 0) is 53.4 Å². The van der Waals surface area contributed by atoms with E-state index in [2.05, 4.69) is 29.6 Å². The fraction of sp³-hybridized carbons (Fsp3) is 0.259. The van der Waals surface area contributed by atoms with Crippen LogP contribution in [-0.2, 0) is 5.54 Å². The van der Waals surface area contributed by atoms with Crippen molar-refractivity contribution in [3.05, 3.63) is 90.0 Å². The van der Waals surface area contributed by atoms with E-state index < -0.39 is 11.6 Å². The topological polar surface area (TPSA) is 70.9 Å². The molecular formula is C27H26N2O3S. The summed E-state index contributed by atoms with van der Waals surface area (Å²) in [7, 11) is 1.67. The number of nitrogens with zero attached hydrogens (tertiary/aromatic N) is 1. The molecule has 2 aliphatic rings. The van der Waals surface area contributed by atoms with Crippen LogP contribution in [0.15, 0.2) is 83.9 Å². The van der Waals surface area contributed by atoms with Crippen LogP contribution < -0.4 is 10.1 Å². The molecule has 0 bridgehead atoms. The van der Waals surface area contributed by atoms with Crippen LogP contribution in [0.4, 0.5) is 0 Å². The second kappa shape index (κ2) is 9.04. The number of hydrogen-bond acceptors (Lipinski definition) is 5. The zero-order valence-corrected chi connectivity index (χ0v) is 19.2. The lowest BCUT2D eigenvalue weighted by Gasteiger charge is -2.36. The summed E-state index contributed by atoms with van der Waals surface area (Å²) in [6, 6.07) is 25.5. The highest BCUT2D eigenvalue weighted by Crippen LogP contribution is 2.51. The van der Waals surface area contributed by atoms with Crippen molar-refractivity contribution < 1.29 is 14.6 Å². The molecule has 3 aromatic carbocycles. The Morgan fingerprint density at radius 1 is 1.06 bits per heavy atom. The Morgan fingerprint density at radius 3 is 2.61 bits per heavy atom. The number of carbonyl (C=O) groups is 1. The maximum Gasteiger partial charge on any atom is 0.257 e. The van der Waals surface area contributed by atoms with Gasteiger partial charge in [-0.1, -0.05) is 60.3 Å². The molecule has 168 valence electrons. The van der Waals surface area contributed by atoms with Crippen LogP contribution in [-0.4, -0.2) is 35.1 Å². The Labute approximate surface area is 197 Å². The van der Waals surface area contributed by atoms with Gasteiger partial charge in [0.15, 0.2) is 5.17 Å². The Balaban J connectivity index is 1.51. The van der Waals surface area contributed by atoms with Gasteiger partial charge in [0, 0.05) is 23.7 Å². The summed E-state index contributed by atoms with van der Waals surface area (Å²) in [4.78, 5) is 17.8. The summed E-state index contributed by atoms with van der Waals surface area (Å²) in [5.41, 5.74) is 3.25. The van der Waals surface area contributed by atoms with Crippen LogP contribution in [0, 0.1) is 5.92 Å². The van der Waals surface area contributed by atoms with Crippen molar-refractivity contribution in [1.82, 2.24) is 5.32 Å². The van der Waals surface area contributed by atoms with Gasteiger partial charge in [0.2, 0.25) is 0 Å². The number of amides is 1. The van der Waals surface area contributed by atoms with Crippen LogP contribution in [0.1, 0.15) is 28.8 Å². The van der Waals surface area contributed by atoms with E-state index in [1.54, 1.807) is 31.0 Å². The first-order valence-corrected chi connectivity index (χ1v) is 12.1. The molecule has 3 atom stereocenters. The van der Waals surface area contributed by atoms with Crippen molar-refractivity contribution in [2.24, 2.45) is 10.9 Å². The fourth-order valence-electron chi connectivity index (χ4n) is 4.88. The molecule has 1 aliphatic carbocycles. The smallest absolute Gasteiger partial charge is 0.257 e. The van der Waals surface area contributed by atoms with E-state index in [0.717, 1.165) is 28.2 Å². The highest BCUT2D eigenvalue weighted by molar-refractivity contribution is 8.13. The van der Waals surface area contributed by atoms with Crippen molar-refractivity contribution in [2.45, 2.75) is 24.5 Å². The average molecular weight is 459 g/mol. The van der Waals surface area contributed by atoms with Gasteiger partial charge in [0.1, 0.15) is 5.75 Å². The van der Waals surface area contributed by atoms with Crippen molar-refractivity contribution in [3.63, 3.8) is 0 Å². The third kappa shape index (κ3) is 4.28. The second-order valence-corrected chi connectivity index (χ2v) is 9.58. The van der Waals surface area contributed by atoms with Crippen molar-refractivity contribution in [3.8, 4) is 16.9 Å². The molecule has 0 spiro atoms. The maximum absolute atomic E-state index is 12.7. The molecule has 1 heterocycles. The maximum atomic E-state index is 12.7. The molecule has 0 unspecified atom stereocenters. The summed E-state index contributed by atoms with van der Waals surface area (Å²) in [5, 5.41) is 14.2. The van der Waals surface area contributed by atoms with Gasteiger partial charge in [-0.25, -0.2) is 0 Å². The third-order valence-corrected chi connectivity index (χ3v) is 7.56. The number of thioether (sulfide) groups is 1. The minimum Gasteiger partial charge on any atom is -0.497 e. The molecule has 6 heteroatoms. The Hall–Kier alpha value is -3.09. The van der Waals surface area contributed by atoms with Crippen LogP contribution >= 0.6 is 11.8 Å². The molecular weight excluding hydrogens is 432 g/mol. The number of fused-ring (bicyclic) bond motifs is 1. The lowest BCUT2D eigenvalue weighted by atomic mass is 9.80. The SMILES string of the molecule is COc1cccc(-c2cccc([C@]34C[C@H](O)C[C@H]3CSC(NC(=O)c3ccccc3)=N4)c2)c1. The number of amidine groups is 1. The van der Waals surface area contributed by atoms with Gasteiger partial charge in [0.25, 0.3) is 5.91 Å². The molecule has 0 aromatic heterocycles. The minimum absolute atomic E-state index is 0.167. The molecule has 5 rings (SSSR count). The fourth-order valence-corrected chi connectivity index (χ4v) is 6.04. The molecule has 1 aliphatic heterocycles. The van der Waals surface area contributed by atoms with Gasteiger partial charge in [-0.15, -0.1) is 0 Å². The zero-order chi connectivity index (χ0) is 22.8. The quantitative estimate of drug-likeness (QED) is 0.586. The standard InChI is InChI=1S/C27H26N2O3S/c1-32-24-12-6-10-20(14-24)19-9-5-11-21(13-19)27-16-23(30)15-22(27)17-33-26(29-27)28-25(31)18-7-3-2-4-8-18/h2-14,22-23,30H,15-17H2,1H3,(H,28,29,31)/t22-,23+,27+/m0/s1. The number of ether oxygens (including phenoxy) is 1. The van der Waals surface area contributed by atoms with Crippen LogP contribution in [0.25, 0.3) is 11.1 Å². The highest BCUT2D eigenvalue weighted by Gasteiger charge is 2.50. The highest BCUT2D eigenvalue weighted by atomic mass is 32.2. The average Bonchev–Trinajstić information content (AvgIpc) is 3.21. The van der Waals surface area contributed by atoms with E-state index in [1.807, 2.05) is 42.5 Å². The van der Waals surface area contributed by atoms with E-state index >= 15 is 0 Å². The zero-order valence-electron chi connectivity index (χ0n) is 18.4. The van der Waals surface area contributed by atoms with E-state index in [-0.39, 0.29) is 11.8 Å². The minimum atomic E-state index is -0.557. The number of aliphatic hydroxyl groups excluding tert-OH is 1. The molecule has 0 radical (unpaired) electrons. The number of aliphatic imine (C=N–C) groups is 1. The predicted molar refractivity (Wildman–Crippen MR) is 133 cm³/mol. The van der Waals surface area contributed by atoms with Crippen molar-refractivity contribution in [2.75, 3.05) is 12.9 Å². The number of carbonyl (C=O) groups excluding carboxylic acids is 1. The van der Waals surface area contributed by atoms with E-state index in [4.69, 9.17) is 9.73 Å². The molecule has 3 aromatic rings. The number of rotatable bonds is 4. The lowest BCUT2D eigenvalue weighted by molar-refractivity contribution is 0.0977. The Morgan fingerprint density at radius 2 is 1.82 bits per heavy atom. The number of methoxy groups -OCH3 is 1. The number of benzene rings is 3. The Bertz CT molecular complexity index is 1200. The summed E-state index contributed by atoms with van der Waals surface area (Å²) in [6.07, 6.45) is 0.841. The van der Waals surface area contributed by atoms with Gasteiger partial charge in [-0.2, -0.15) is 0 Å². The summed E-state index contributed by atoms with van der Waals surface area (Å²) in [5.74, 6) is 1.65. The lowest BCUT2D eigenvalue weighted by Crippen LogP contribution is -2.40.